The largest absolute Gasteiger partial charge is 0.436 e. The minimum absolute atomic E-state index is 0.00236. The number of benzene rings is 1. The number of carbonyl (C=O) groups is 1. The van der Waals surface area contributed by atoms with E-state index >= 15 is 0 Å². The van der Waals surface area contributed by atoms with Gasteiger partial charge in [0.25, 0.3) is 5.88 Å². The van der Waals surface area contributed by atoms with Crippen LogP contribution in [0.2, 0.25) is 0 Å². The van der Waals surface area contributed by atoms with Gasteiger partial charge >= 0.3 is 0 Å². The molecule has 0 radical (unpaired) electrons. The molecule has 0 saturated carbocycles. The van der Waals surface area contributed by atoms with Crippen molar-refractivity contribution in [1.29, 1.82) is 0 Å². The van der Waals surface area contributed by atoms with E-state index in [-0.39, 0.29) is 5.91 Å². The molecule has 0 unspecified atom stereocenters. The standard InChI is InChI=1S/C21H28N4O2S/c1-16-6-5-12-25(14-16)13-11-22-19(26)15-28-21-20(23-9-10-24-21)27-18-8-4-3-7-17(18)2/h3-4,7-10,16H,5-6,11-15H2,1-2H3,(H,22,26)/t16-/m0/s1. The Bertz CT molecular complexity index is 787. The second-order valence-corrected chi connectivity index (χ2v) is 8.18. The third-order valence-corrected chi connectivity index (χ3v) is 5.72. The molecule has 1 saturated heterocycles. The van der Waals surface area contributed by atoms with Crippen molar-refractivity contribution in [1.82, 2.24) is 20.2 Å². The number of ether oxygens (including phenoxy) is 1. The summed E-state index contributed by atoms with van der Waals surface area (Å²) in [5.41, 5.74) is 1.02. The lowest BCUT2D eigenvalue weighted by molar-refractivity contribution is -0.118. The second-order valence-electron chi connectivity index (χ2n) is 7.22. The number of nitrogens with zero attached hydrogens (tertiary/aromatic N) is 3. The highest BCUT2D eigenvalue weighted by molar-refractivity contribution is 8.00. The van der Waals surface area contributed by atoms with E-state index < -0.39 is 0 Å². The smallest absolute Gasteiger partial charge is 0.252 e. The van der Waals surface area contributed by atoms with Crippen LogP contribution in [0.15, 0.2) is 41.7 Å². The zero-order chi connectivity index (χ0) is 19.8. The fraction of sp³-hybridized carbons (Fsp3) is 0.476. The van der Waals surface area contributed by atoms with Gasteiger partial charge in [-0.05, 0) is 43.9 Å². The molecule has 28 heavy (non-hydrogen) atoms. The average molecular weight is 401 g/mol. The van der Waals surface area contributed by atoms with Gasteiger partial charge in [0.1, 0.15) is 5.75 Å². The van der Waals surface area contributed by atoms with E-state index in [9.17, 15) is 4.79 Å². The van der Waals surface area contributed by atoms with E-state index in [2.05, 4.69) is 27.1 Å². The van der Waals surface area contributed by atoms with Crippen molar-refractivity contribution >= 4 is 17.7 Å². The third-order valence-electron chi connectivity index (χ3n) is 4.76. The normalized spacial score (nSPS) is 17.3. The summed E-state index contributed by atoms with van der Waals surface area (Å²) in [7, 11) is 0. The molecule has 1 aromatic heterocycles. The van der Waals surface area contributed by atoms with E-state index in [0.29, 0.717) is 23.2 Å². The number of likely N-dealkylation sites (tertiary alicyclic amines) is 1. The van der Waals surface area contributed by atoms with Gasteiger partial charge in [-0.15, -0.1) is 0 Å². The van der Waals surface area contributed by atoms with Gasteiger partial charge in [-0.25, -0.2) is 9.97 Å². The Balaban J connectivity index is 1.46. The lowest BCUT2D eigenvalue weighted by atomic mass is 10.0. The molecule has 1 fully saturated rings. The van der Waals surface area contributed by atoms with Crippen LogP contribution in [0.3, 0.4) is 0 Å². The molecule has 1 atom stereocenters. The number of para-hydroxylation sites is 1. The maximum atomic E-state index is 12.2. The lowest BCUT2D eigenvalue weighted by Crippen LogP contribution is -2.40. The van der Waals surface area contributed by atoms with Gasteiger partial charge in [-0.3, -0.25) is 4.79 Å². The van der Waals surface area contributed by atoms with Crippen molar-refractivity contribution < 1.29 is 9.53 Å². The molecule has 1 aliphatic heterocycles. The summed E-state index contributed by atoms with van der Waals surface area (Å²) in [5.74, 6) is 2.21. The van der Waals surface area contributed by atoms with Gasteiger partial charge in [0.15, 0.2) is 5.03 Å². The van der Waals surface area contributed by atoms with Gasteiger partial charge < -0.3 is 15.0 Å². The zero-order valence-corrected chi connectivity index (χ0v) is 17.4. The first-order valence-corrected chi connectivity index (χ1v) is 10.8. The van der Waals surface area contributed by atoms with Crippen molar-refractivity contribution in [2.75, 3.05) is 31.9 Å². The van der Waals surface area contributed by atoms with Crippen LogP contribution in [0.4, 0.5) is 0 Å². The quantitative estimate of drug-likeness (QED) is 0.684. The fourth-order valence-electron chi connectivity index (χ4n) is 3.28. The van der Waals surface area contributed by atoms with Gasteiger partial charge in [0.2, 0.25) is 5.91 Å². The molecule has 1 aromatic carbocycles. The molecule has 2 aromatic rings. The first kappa shape index (κ1) is 20.6. The maximum Gasteiger partial charge on any atom is 0.252 e. The van der Waals surface area contributed by atoms with E-state index in [1.807, 2.05) is 31.2 Å². The predicted octanol–water partition coefficient (Wildman–Crippen LogP) is 3.52. The Hall–Kier alpha value is -2.12. The highest BCUT2D eigenvalue weighted by atomic mass is 32.2. The van der Waals surface area contributed by atoms with Crippen molar-refractivity contribution in [2.45, 2.75) is 31.7 Å². The SMILES string of the molecule is Cc1ccccc1Oc1nccnc1SCC(=O)NCCN1CCC[C@H](C)C1. The average Bonchev–Trinajstić information content (AvgIpc) is 2.69. The summed E-state index contributed by atoms with van der Waals surface area (Å²) in [6, 6.07) is 7.76. The van der Waals surface area contributed by atoms with Gasteiger partial charge in [0.05, 0.1) is 5.75 Å². The summed E-state index contributed by atoms with van der Waals surface area (Å²) in [6.45, 7) is 8.12. The topological polar surface area (TPSA) is 67.3 Å². The summed E-state index contributed by atoms with van der Waals surface area (Å²) >= 11 is 1.34. The molecule has 1 N–H and O–H groups in total. The van der Waals surface area contributed by atoms with Crippen LogP contribution >= 0.6 is 11.8 Å². The minimum atomic E-state index is 0.00236. The summed E-state index contributed by atoms with van der Waals surface area (Å²) in [4.78, 5) is 23.2. The van der Waals surface area contributed by atoms with Crippen LogP contribution in [-0.4, -0.2) is 52.7 Å². The number of nitrogens with one attached hydrogen (secondary N) is 1. The molecular weight excluding hydrogens is 372 g/mol. The summed E-state index contributed by atoms with van der Waals surface area (Å²) < 4.78 is 5.91. The predicted molar refractivity (Wildman–Crippen MR) is 112 cm³/mol. The van der Waals surface area contributed by atoms with Gasteiger partial charge in [-0.1, -0.05) is 36.9 Å². The molecular formula is C21H28N4O2S. The van der Waals surface area contributed by atoms with Crippen LogP contribution in [0.1, 0.15) is 25.3 Å². The molecule has 1 amide bonds. The third kappa shape index (κ3) is 6.21. The van der Waals surface area contributed by atoms with Crippen LogP contribution in [0.5, 0.6) is 11.6 Å². The molecule has 1 aliphatic rings. The number of hydrogen-bond donors (Lipinski definition) is 1. The molecule has 3 rings (SSSR count). The Labute approximate surface area is 171 Å². The first-order chi connectivity index (χ1) is 13.6. The summed E-state index contributed by atoms with van der Waals surface area (Å²) in [5, 5.41) is 3.62. The lowest BCUT2D eigenvalue weighted by Gasteiger charge is -2.30. The summed E-state index contributed by atoms with van der Waals surface area (Å²) in [6.07, 6.45) is 5.77. The minimum Gasteiger partial charge on any atom is -0.436 e. The monoisotopic (exact) mass is 400 g/mol. The zero-order valence-electron chi connectivity index (χ0n) is 16.6. The Morgan fingerprint density at radius 3 is 2.96 bits per heavy atom. The van der Waals surface area contributed by atoms with Crippen molar-refractivity contribution in [3.05, 3.63) is 42.2 Å². The fourth-order valence-corrected chi connectivity index (χ4v) is 4.01. The molecule has 0 spiro atoms. The van der Waals surface area contributed by atoms with E-state index in [1.165, 1.54) is 24.6 Å². The van der Waals surface area contributed by atoms with Crippen LogP contribution in [-0.2, 0) is 4.79 Å². The molecule has 7 heteroatoms. The second kappa shape index (κ2) is 10.4. The Kier molecular flexibility index (Phi) is 7.68. The van der Waals surface area contributed by atoms with Crippen molar-refractivity contribution in [3.8, 4) is 11.6 Å². The first-order valence-electron chi connectivity index (χ1n) is 9.78. The molecule has 0 aliphatic carbocycles. The van der Waals surface area contributed by atoms with Crippen LogP contribution in [0.25, 0.3) is 0 Å². The number of hydrogen-bond acceptors (Lipinski definition) is 6. The van der Waals surface area contributed by atoms with E-state index in [1.54, 1.807) is 12.4 Å². The number of thioether (sulfide) groups is 1. The number of rotatable bonds is 8. The molecule has 0 bridgehead atoms. The molecule has 2 heterocycles. The number of aromatic nitrogens is 2. The molecule has 150 valence electrons. The van der Waals surface area contributed by atoms with E-state index in [4.69, 9.17) is 4.74 Å². The number of amides is 1. The van der Waals surface area contributed by atoms with Crippen molar-refractivity contribution in [2.24, 2.45) is 5.92 Å². The highest BCUT2D eigenvalue weighted by Crippen LogP contribution is 2.30. The molecule has 6 nitrogen and oxygen atoms in total. The Morgan fingerprint density at radius 1 is 1.32 bits per heavy atom. The number of aryl methyl sites for hydroxylation is 1. The van der Waals surface area contributed by atoms with Crippen LogP contribution in [0, 0.1) is 12.8 Å². The van der Waals surface area contributed by atoms with E-state index in [0.717, 1.165) is 36.9 Å². The number of piperidine rings is 1. The number of carbonyl (C=O) groups excluding carboxylic acids is 1. The maximum absolute atomic E-state index is 12.2. The van der Waals surface area contributed by atoms with Gasteiger partial charge in [0, 0.05) is 32.0 Å². The Morgan fingerprint density at radius 2 is 2.14 bits per heavy atom. The van der Waals surface area contributed by atoms with Gasteiger partial charge in [-0.2, -0.15) is 0 Å². The highest BCUT2D eigenvalue weighted by Gasteiger charge is 2.16. The van der Waals surface area contributed by atoms with Crippen molar-refractivity contribution in [3.63, 3.8) is 0 Å². The van der Waals surface area contributed by atoms with Crippen LogP contribution < -0.4 is 10.1 Å².